The highest BCUT2D eigenvalue weighted by molar-refractivity contribution is 5.89. The first-order valence-electron chi connectivity index (χ1n) is 12.2. The predicted molar refractivity (Wildman–Crippen MR) is 123 cm³/mol. The van der Waals surface area contributed by atoms with Gasteiger partial charge in [0.1, 0.15) is 18.2 Å². The minimum absolute atomic E-state index is 0.00520. The Balaban J connectivity index is 1.32. The summed E-state index contributed by atoms with van der Waals surface area (Å²) in [5.74, 6) is -0.205. The molecule has 0 spiro atoms. The molecule has 6 atom stereocenters. The van der Waals surface area contributed by atoms with Crippen LogP contribution in [0.3, 0.4) is 0 Å². The summed E-state index contributed by atoms with van der Waals surface area (Å²) in [5.41, 5.74) is 1.75. The molecule has 7 heteroatoms. The third kappa shape index (κ3) is 5.08. The average molecular weight is 466 g/mol. The van der Waals surface area contributed by atoms with Gasteiger partial charge in [0.25, 0.3) is 0 Å². The second kappa shape index (κ2) is 10.4. The Bertz CT molecular complexity index is 983. The van der Waals surface area contributed by atoms with Gasteiger partial charge in [0.05, 0.1) is 11.7 Å². The second-order valence-corrected chi connectivity index (χ2v) is 9.35. The van der Waals surface area contributed by atoms with Gasteiger partial charge in [-0.2, -0.15) is 0 Å². The number of rotatable bonds is 6. The van der Waals surface area contributed by atoms with Gasteiger partial charge in [-0.1, -0.05) is 66.6 Å². The number of ether oxygens (including phenoxy) is 2. The van der Waals surface area contributed by atoms with Crippen molar-refractivity contribution in [1.82, 2.24) is 5.23 Å². The molecule has 1 saturated carbocycles. The summed E-state index contributed by atoms with van der Waals surface area (Å²) in [6, 6.07) is 19.0. The molecule has 0 radical (unpaired) electrons. The van der Waals surface area contributed by atoms with E-state index in [0.717, 1.165) is 19.3 Å². The highest BCUT2D eigenvalue weighted by atomic mass is 17.0. The fourth-order valence-electron chi connectivity index (χ4n) is 5.21. The molecule has 3 fully saturated rings. The molecule has 34 heavy (non-hydrogen) atoms. The van der Waals surface area contributed by atoms with E-state index in [-0.39, 0.29) is 23.8 Å². The Kier molecular flexibility index (Phi) is 7.06. The molecule has 2 aromatic rings. The quantitative estimate of drug-likeness (QED) is 0.578. The number of Topliss-reactive ketones (excluding diaryl/α,β-unsaturated/α-hetero) is 1. The first-order valence-corrected chi connectivity index (χ1v) is 12.2. The van der Waals surface area contributed by atoms with E-state index in [9.17, 15) is 9.59 Å². The Morgan fingerprint density at radius 3 is 2.32 bits per heavy atom. The van der Waals surface area contributed by atoms with Crippen LogP contribution in [0.15, 0.2) is 60.7 Å². The maximum atomic E-state index is 12.8. The zero-order chi connectivity index (χ0) is 23.5. The van der Waals surface area contributed by atoms with Gasteiger partial charge in [-0.15, -0.1) is 0 Å². The van der Waals surface area contributed by atoms with Crippen LogP contribution in [0.2, 0.25) is 0 Å². The smallest absolute Gasteiger partial charge is 0.338 e. The standard InChI is InChI=1S/C27H31NO6/c1-18(29)24-16-22-25(32-27(30)20-12-6-3-7-13-20)17-26(34-28(22)33-24)31-23-15-9-8-14-21(23)19-10-4-2-5-11-19/h2-7,10-13,21-26H,8-9,14-17H2,1H3/t21-,22+,23+,24+,25-,26-/m0/s1. The van der Waals surface area contributed by atoms with Crippen LogP contribution in [-0.2, 0) is 23.9 Å². The van der Waals surface area contributed by atoms with Crippen molar-refractivity contribution in [2.75, 3.05) is 0 Å². The summed E-state index contributed by atoms with van der Waals surface area (Å²) in [6.07, 6.45) is 3.28. The van der Waals surface area contributed by atoms with Crippen LogP contribution in [0, 0.1) is 0 Å². The van der Waals surface area contributed by atoms with Crippen molar-refractivity contribution >= 4 is 11.8 Å². The first-order chi connectivity index (χ1) is 16.6. The van der Waals surface area contributed by atoms with Gasteiger partial charge >= 0.3 is 5.97 Å². The monoisotopic (exact) mass is 465 g/mol. The maximum Gasteiger partial charge on any atom is 0.338 e. The van der Waals surface area contributed by atoms with Crippen LogP contribution >= 0.6 is 0 Å². The Labute approximate surface area is 199 Å². The van der Waals surface area contributed by atoms with Crippen molar-refractivity contribution in [3.05, 3.63) is 71.8 Å². The highest BCUT2D eigenvalue weighted by Crippen LogP contribution is 2.39. The van der Waals surface area contributed by atoms with Crippen molar-refractivity contribution in [1.29, 1.82) is 0 Å². The number of benzene rings is 2. The lowest BCUT2D eigenvalue weighted by molar-refractivity contribution is -0.446. The van der Waals surface area contributed by atoms with Crippen LogP contribution < -0.4 is 0 Å². The zero-order valence-electron chi connectivity index (χ0n) is 19.4. The molecule has 1 aliphatic carbocycles. The number of carbonyl (C=O) groups is 2. The number of hydrogen-bond donors (Lipinski definition) is 0. The number of fused-ring (bicyclic) bond motifs is 1. The van der Waals surface area contributed by atoms with E-state index in [1.165, 1.54) is 24.1 Å². The molecule has 0 aromatic heterocycles. The van der Waals surface area contributed by atoms with Gasteiger partial charge in [0.2, 0.25) is 0 Å². The van der Waals surface area contributed by atoms with E-state index < -0.39 is 24.5 Å². The van der Waals surface area contributed by atoms with Gasteiger partial charge in [-0.3, -0.25) is 9.63 Å². The van der Waals surface area contributed by atoms with Crippen LogP contribution in [0.1, 0.15) is 67.3 Å². The lowest BCUT2D eigenvalue weighted by Gasteiger charge is -2.41. The Morgan fingerprint density at radius 2 is 1.59 bits per heavy atom. The third-order valence-electron chi connectivity index (χ3n) is 7.01. The van der Waals surface area contributed by atoms with Crippen molar-refractivity contribution in [3.63, 3.8) is 0 Å². The molecule has 180 valence electrons. The summed E-state index contributed by atoms with van der Waals surface area (Å²) >= 11 is 0. The van der Waals surface area contributed by atoms with Gasteiger partial charge in [-0.25, -0.2) is 9.63 Å². The van der Waals surface area contributed by atoms with Crippen LogP contribution in [0.4, 0.5) is 0 Å². The van der Waals surface area contributed by atoms with E-state index in [0.29, 0.717) is 18.4 Å². The molecular weight excluding hydrogens is 434 g/mol. The zero-order valence-corrected chi connectivity index (χ0v) is 19.4. The molecular formula is C27H31NO6. The van der Waals surface area contributed by atoms with Gasteiger partial charge in [-0.05, 0) is 37.5 Å². The minimum Gasteiger partial charge on any atom is -0.457 e. The lowest BCUT2D eigenvalue weighted by Crippen LogP contribution is -2.51. The number of carbonyl (C=O) groups excluding carboxylic acids is 2. The summed E-state index contributed by atoms with van der Waals surface area (Å²) in [5, 5.41) is 1.34. The maximum absolute atomic E-state index is 12.8. The lowest BCUT2D eigenvalue weighted by atomic mass is 9.81. The highest BCUT2D eigenvalue weighted by Gasteiger charge is 2.49. The van der Waals surface area contributed by atoms with E-state index in [1.807, 2.05) is 12.1 Å². The van der Waals surface area contributed by atoms with Crippen molar-refractivity contribution in [3.8, 4) is 0 Å². The molecule has 0 unspecified atom stereocenters. The molecule has 2 aliphatic heterocycles. The van der Waals surface area contributed by atoms with Crippen LogP contribution in [0.25, 0.3) is 0 Å². The molecule has 0 N–H and O–H groups in total. The molecule has 0 amide bonds. The molecule has 5 rings (SSSR count). The largest absolute Gasteiger partial charge is 0.457 e. The van der Waals surface area contributed by atoms with E-state index in [4.69, 9.17) is 19.1 Å². The average Bonchev–Trinajstić information content (AvgIpc) is 3.30. The second-order valence-electron chi connectivity index (χ2n) is 9.35. The van der Waals surface area contributed by atoms with Crippen molar-refractivity contribution in [2.24, 2.45) is 0 Å². The fraction of sp³-hybridized carbons (Fsp3) is 0.481. The van der Waals surface area contributed by atoms with Crippen molar-refractivity contribution in [2.45, 2.75) is 82.0 Å². The van der Waals surface area contributed by atoms with E-state index in [2.05, 4.69) is 24.3 Å². The fourth-order valence-corrected chi connectivity index (χ4v) is 5.21. The molecule has 7 nitrogen and oxygen atoms in total. The van der Waals surface area contributed by atoms with Crippen molar-refractivity contribution < 1.29 is 28.7 Å². The first kappa shape index (κ1) is 23.2. The van der Waals surface area contributed by atoms with Gasteiger partial charge in [0.15, 0.2) is 12.1 Å². The number of esters is 1. The van der Waals surface area contributed by atoms with Gasteiger partial charge < -0.3 is 9.47 Å². The molecule has 2 heterocycles. The molecule has 2 saturated heterocycles. The number of hydroxylamine groups is 2. The SMILES string of the molecule is CC(=O)[C@H]1C[C@@H]2[C@@H](OC(=O)c3ccccc3)C[C@@H](O[C@@H]3CCCC[C@H]3c3ccccc3)ON2O1. The normalized spacial score (nSPS) is 31.6. The third-order valence-corrected chi connectivity index (χ3v) is 7.01. The summed E-state index contributed by atoms with van der Waals surface area (Å²) in [6.45, 7) is 1.49. The predicted octanol–water partition coefficient (Wildman–Crippen LogP) is 4.58. The topological polar surface area (TPSA) is 74.3 Å². The van der Waals surface area contributed by atoms with E-state index in [1.54, 1.807) is 24.3 Å². The summed E-state index contributed by atoms with van der Waals surface area (Å²) in [4.78, 5) is 36.6. The number of ketones is 1. The van der Waals surface area contributed by atoms with E-state index >= 15 is 0 Å². The van der Waals surface area contributed by atoms with Gasteiger partial charge in [0, 0.05) is 18.8 Å². The van der Waals surface area contributed by atoms with Crippen LogP contribution in [-0.4, -0.2) is 47.6 Å². The minimum atomic E-state index is -0.634. The van der Waals surface area contributed by atoms with Crippen LogP contribution in [0.5, 0.6) is 0 Å². The summed E-state index contributed by atoms with van der Waals surface area (Å²) in [7, 11) is 0. The number of nitrogens with zero attached hydrogens (tertiary/aromatic N) is 1. The number of hydrogen-bond acceptors (Lipinski definition) is 7. The Hall–Kier alpha value is -2.58. The summed E-state index contributed by atoms with van der Waals surface area (Å²) < 4.78 is 12.4. The molecule has 2 aromatic carbocycles. The molecule has 0 bridgehead atoms. The Morgan fingerprint density at radius 1 is 0.882 bits per heavy atom. The molecule has 3 aliphatic rings.